The van der Waals surface area contributed by atoms with E-state index in [4.69, 9.17) is 5.11 Å². The topological polar surface area (TPSA) is 37.3 Å². The number of allylic oxidation sites excluding steroid dienone is 1. The van der Waals surface area contributed by atoms with Crippen molar-refractivity contribution in [3.63, 3.8) is 0 Å². The predicted octanol–water partition coefficient (Wildman–Crippen LogP) is 1.51. The fourth-order valence-corrected chi connectivity index (χ4v) is 1.70. The quantitative estimate of drug-likeness (QED) is 0.801. The van der Waals surface area contributed by atoms with Gasteiger partial charge in [-0.15, -0.1) is 0 Å². The first-order valence-corrected chi connectivity index (χ1v) is 4.83. The van der Waals surface area contributed by atoms with Crippen molar-refractivity contribution in [2.45, 2.75) is 6.92 Å². The molecule has 1 aromatic rings. The standard InChI is InChI=1S/C6H5O.C3H5.Co.O/c7-6-4-2-1-3-5-6;1-3-2;;/h2-5,7H;1H2,2H3;;. The number of hydrogen-bond acceptors (Lipinski definition) is 2. The molecule has 0 bridgehead atoms. The van der Waals surface area contributed by atoms with Crippen LogP contribution in [0.2, 0.25) is 0 Å². The third-order valence-corrected chi connectivity index (χ3v) is 2.94. The number of aromatic hydroxyl groups is 1. The van der Waals surface area contributed by atoms with E-state index in [1.807, 2.05) is 0 Å². The van der Waals surface area contributed by atoms with Crippen molar-refractivity contribution in [2.75, 3.05) is 0 Å². The Balaban J connectivity index is 2.98. The average Bonchev–Trinajstić information content (AvgIpc) is 2.04. The van der Waals surface area contributed by atoms with E-state index in [-0.39, 0.29) is 5.75 Å². The van der Waals surface area contributed by atoms with E-state index >= 15 is 0 Å². The second-order valence-electron chi connectivity index (χ2n) is 2.31. The number of rotatable bonds is 2. The van der Waals surface area contributed by atoms with Crippen molar-refractivity contribution >= 4 is 4.50 Å². The second kappa shape index (κ2) is 3.65. The van der Waals surface area contributed by atoms with Crippen LogP contribution in [0.25, 0.3) is 0 Å². The van der Waals surface area contributed by atoms with Gasteiger partial charge in [-0.3, -0.25) is 0 Å². The van der Waals surface area contributed by atoms with E-state index < -0.39 is 13.6 Å². The summed E-state index contributed by atoms with van der Waals surface area (Å²) in [7, 11) is 0. The van der Waals surface area contributed by atoms with E-state index in [9.17, 15) is 3.87 Å². The van der Waals surface area contributed by atoms with Gasteiger partial charge in [0.15, 0.2) is 0 Å². The molecular formula is C9H10CoO2. The molecule has 0 unspecified atom stereocenters. The monoisotopic (exact) mass is 209 g/mol. The van der Waals surface area contributed by atoms with Gasteiger partial charge in [-0.25, -0.2) is 0 Å². The molecule has 3 heteroatoms. The predicted molar refractivity (Wildman–Crippen MR) is 43.2 cm³/mol. The molecule has 0 aromatic heterocycles. The van der Waals surface area contributed by atoms with E-state index in [2.05, 4.69) is 6.58 Å². The molecule has 0 saturated heterocycles. The first kappa shape index (κ1) is 9.16. The van der Waals surface area contributed by atoms with Crippen LogP contribution in [0.4, 0.5) is 0 Å². The van der Waals surface area contributed by atoms with Crippen LogP contribution < -0.4 is 4.50 Å². The second-order valence-corrected chi connectivity index (χ2v) is 4.48. The van der Waals surface area contributed by atoms with Gasteiger partial charge in [0.2, 0.25) is 0 Å². The van der Waals surface area contributed by atoms with Crippen LogP contribution in [-0.2, 0) is 17.5 Å². The fraction of sp³-hybridized carbons (Fsp3) is 0.111. The van der Waals surface area contributed by atoms with Crippen LogP contribution >= 0.6 is 0 Å². The molecule has 0 atom stereocenters. The summed E-state index contributed by atoms with van der Waals surface area (Å²) in [5.41, 5.74) is 0. The van der Waals surface area contributed by atoms with E-state index in [1.54, 1.807) is 19.1 Å². The van der Waals surface area contributed by atoms with Crippen LogP contribution in [0.5, 0.6) is 5.75 Å². The number of phenolic OH excluding ortho intramolecular Hbond substituents is 1. The van der Waals surface area contributed by atoms with Gasteiger partial charge in [0.05, 0.1) is 0 Å². The van der Waals surface area contributed by atoms with Crippen molar-refractivity contribution < 1.29 is 22.6 Å². The number of hydrogen-bond donors (Lipinski definition) is 1. The Morgan fingerprint density at radius 1 is 1.42 bits per heavy atom. The molecule has 0 aliphatic carbocycles. The Labute approximate surface area is 75.5 Å². The first-order valence-electron chi connectivity index (χ1n) is 3.37. The zero-order valence-electron chi connectivity index (χ0n) is 6.71. The minimum absolute atomic E-state index is 0.184. The van der Waals surface area contributed by atoms with Gasteiger partial charge in [-0.05, 0) is 0 Å². The Morgan fingerprint density at radius 3 is 2.33 bits per heavy atom. The summed E-state index contributed by atoms with van der Waals surface area (Å²) in [6, 6.07) is 6.32. The van der Waals surface area contributed by atoms with Crippen LogP contribution in [0.15, 0.2) is 35.4 Å². The maximum absolute atomic E-state index is 11.4. The number of benzene rings is 1. The van der Waals surface area contributed by atoms with Gasteiger partial charge in [0.25, 0.3) is 0 Å². The van der Waals surface area contributed by atoms with E-state index in [1.165, 1.54) is 12.1 Å². The molecule has 0 heterocycles. The normalized spacial score (nSPS) is 10.9. The third kappa shape index (κ3) is 2.03. The van der Waals surface area contributed by atoms with Gasteiger partial charge >= 0.3 is 75.1 Å². The molecule has 0 fully saturated rings. The summed E-state index contributed by atoms with van der Waals surface area (Å²) < 4.78 is 12.8. The molecule has 1 N–H and O–H groups in total. The molecule has 67 valence electrons. The summed E-state index contributed by atoms with van der Waals surface area (Å²) in [5, 5.41) is 8.96. The molecule has 1 aromatic carbocycles. The Morgan fingerprint density at radius 2 is 1.92 bits per heavy atom. The van der Waals surface area contributed by atoms with Crippen molar-refractivity contribution in [3.05, 3.63) is 35.4 Å². The van der Waals surface area contributed by atoms with Gasteiger partial charge in [0, 0.05) is 0 Å². The van der Waals surface area contributed by atoms with Crippen molar-refractivity contribution in [1.29, 1.82) is 0 Å². The summed E-state index contributed by atoms with van der Waals surface area (Å²) in [6.07, 6.45) is 0. The van der Waals surface area contributed by atoms with Crippen LogP contribution in [0.3, 0.4) is 0 Å². The molecule has 0 saturated carbocycles. The Hall–Kier alpha value is -0.934. The molecule has 0 amide bonds. The van der Waals surface area contributed by atoms with Gasteiger partial charge < -0.3 is 0 Å². The number of phenols is 1. The first-order chi connectivity index (χ1) is 5.61. The summed E-state index contributed by atoms with van der Waals surface area (Å²) in [6.45, 7) is 5.33. The van der Waals surface area contributed by atoms with E-state index in [0.29, 0.717) is 9.01 Å². The zero-order chi connectivity index (χ0) is 9.14. The molecule has 0 aliphatic rings. The summed E-state index contributed by atoms with van der Waals surface area (Å²) in [5.74, 6) is 0.184. The average molecular weight is 209 g/mol. The van der Waals surface area contributed by atoms with Crippen LogP contribution in [0, 0.1) is 0 Å². The zero-order valence-corrected chi connectivity index (χ0v) is 7.75. The third-order valence-electron chi connectivity index (χ3n) is 1.24. The van der Waals surface area contributed by atoms with Crippen molar-refractivity contribution in [1.82, 2.24) is 0 Å². The Bertz CT molecular complexity index is 314. The maximum atomic E-state index is 11.4. The summed E-state index contributed by atoms with van der Waals surface area (Å²) in [4.78, 5) is 0. The molecule has 0 aliphatic heterocycles. The minimum atomic E-state index is -1.48. The van der Waals surface area contributed by atoms with Gasteiger partial charge in [-0.2, -0.15) is 0 Å². The van der Waals surface area contributed by atoms with Gasteiger partial charge in [0.1, 0.15) is 0 Å². The molecule has 0 spiro atoms. The molecule has 1 rings (SSSR count). The Kier molecular flexibility index (Phi) is 2.78. The fourth-order valence-electron chi connectivity index (χ4n) is 0.699. The van der Waals surface area contributed by atoms with Crippen LogP contribution in [0.1, 0.15) is 6.92 Å². The summed E-state index contributed by atoms with van der Waals surface area (Å²) >= 11 is -1.48. The van der Waals surface area contributed by atoms with Crippen molar-refractivity contribution in [3.8, 4) is 5.75 Å². The molecule has 2 nitrogen and oxygen atoms in total. The molecular weight excluding hydrogens is 199 g/mol. The molecule has 0 radical (unpaired) electrons. The SMILES string of the molecule is C=[C](C)[Co](=[O])[c]1ccc(O)cc1. The molecule has 12 heavy (non-hydrogen) atoms. The van der Waals surface area contributed by atoms with Crippen molar-refractivity contribution in [2.24, 2.45) is 0 Å². The van der Waals surface area contributed by atoms with E-state index in [0.717, 1.165) is 0 Å². The van der Waals surface area contributed by atoms with Gasteiger partial charge in [-0.1, -0.05) is 0 Å². The van der Waals surface area contributed by atoms with Crippen LogP contribution in [-0.4, -0.2) is 5.11 Å².